The zero-order valence-electron chi connectivity index (χ0n) is 26.5. The lowest BCUT2D eigenvalue weighted by atomic mass is 9.93. The van der Waals surface area contributed by atoms with Crippen LogP contribution in [0.4, 0.5) is 17.5 Å². The smallest absolute Gasteiger partial charge is 0.265 e. The average Bonchev–Trinajstić information content (AvgIpc) is 3.81. The van der Waals surface area contributed by atoms with Crippen molar-refractivity contribution in [2.45, 2.75) is 95.7 Å². The fourth-order valence-corrected chi connectivity index (χ4v) is 9.42. The van der Waals surface area contributed by atoms with Gasteiger partial charge in [-0.05, 0) is 106 Å². The molecule has 4 bridgehead atoms. The van der Waals surface area contributed by atoms with Crippen molar-refractivity contribution in [2.75, 3.05) is 41.4 Å². The van der Waals surface area contributed by atoms with Crippen LogP contribution in [0.5, 0.6) is 0 Å². The molecule has 7 rings (SSSR count). The van der Waals surface area contributed by atoms with Crippen molar-refractivity contribution in [3.8, 4) is 0 Å². The normalized spacial score (nSPS) is 30.3. The second kappa shape index (κ2) is 11.2. The SMILES string of the molecule is CCC1(C)C(CCOC2CCN(c3ccc4c(n3)N3CC(CCCNc5cccc(n5)SNC4=O)CC3(C)C)C2=O)C12CC2. The Bertz CT molecular complexity index is 1450. The van der Waals surface area contributed by atoms with Crippen molar-refractivity contribution in [2.24, 2.45) is 22.7 Å². The van der Waals surface area contributed by atoms with Crippen LogP contribution in [-0.2, 0) is 9.53 Å². The van der Waals surface area contributed by atoms with Crippen LogP contribution in [0.3, 0.4) is 0 Å². The van der Waals surface area contributed by atoms with E-state index < -0.39 is 6.10 Å². The number of hydrogen-bond donors (Lipinski definition) is 2. The molecule has 4 fully saturated rings. The molecule has 2 aromatic heterocycles. The van der Waals surface area contributed by atoms with Crippen molar-refractivity contribution in [3.05, 3.63) is 35.9 Å². The van der Waals surface area contributed by atoms with Crippen LogP contribution >= 0.6 is 11.9 Å². The predicted molar refractivity (Wildman–Crippen MR) is 174 cm³/mol. The van der Waals surface area contributed by atoms with Crippen LogP contribution in [0.1, 0.15) is 89.4 Å². The number of carbonyl (C=O) groups excluding carboxylic acids is 2. The van der Waals surface area contributed by atoms with Crippen molar-refractivity contribution in [3.63, 3.8) is 0 Å². The second-order valence-corrected chi connectivity index (χ2v) is 15.2. The molecule has 2 amide bonds. The van der Waals surface area contributed by atoms with Crippen LogP contribution in [-0.4, -0.2) is 59.7 Å². The summed E-state index contributed by atoms with van der Waals surface area (Å²) in [7, 11) is 0. The lowest BCUT2D eigenvalue weighted by molar-refractivity contribution is -0.127. The Kier molecular flexibility index (Phi) is 7.59. The third-order valence-electron chi connectivity index (χ3n) is 11.6. The Morgan fingerprint density at radius 1 is 1.09 bits per heavy atom. The van der Waals surface area contributed by atoms with Gasteiger partial charge in [-0.25, -0.2) is 9.97 Å². The van der Waals surface area contributed by atoms with Gasteiger partial charge in [-0.1, -0.05) is 19.9 Å². The first kappa shape index (κ1) is 29.8. The summed E-state index contributed by atoms with van der Waals surface area (Å²) >= 11 is 1.20. The molecule has 5 aliphatic rings. The minimum atomic E-state index is -0.430. The number of nitrogens with zero attached hydrogens (tertiary/aromatic N) is 4. The number of aromatic nitrogens is 2. The van der Waals surface area contributed by atoms with E-state index in [0.717, 1.165) is 50.5 Å². The van der Waals surface area contributed by atoms with Crippen LogP contribution in [0.2, 0.25) is 0 Å². The van der Waals surface area contributed by atoms with E-state index in [2.05, 4.69) is 47.6 Å². The zero-order chi connectivity index (χ0) is 30.7. The van der Waals surface area contributed by atoms with Crippen molar-refractivity contribution in [1.82, 2.24) is 14.7 Å². The molecule has 0 radical (unpaired) electrons. The van der Waals surface area contributed by atoms with Gasteiger partial charge < -0.3 is 15.0 Å². The molecule has 5 heterocycles. The first-order valence-electron chi connectivity index (χ1n) is 16.5. The molecule has 1 spiro atoms. The number of rotatable bonds is 6. The Labute approximate surface area is 265 Å². The molecule has 2 saturated heterocycles. The van der Waals surface area contributed by atoms with Crippen LogP contribution in [0.25, 0.3) is 0 Å². The monoisotopic (exact) mass is 618 g/mol. The van der Waals surface area contributed by atoms with Gasteiger partial charge in [0.2, 0.25) is 0 Å². The quantitative estimate of drug-likeness (QED) is 0.377. The fraction of sp³-hybridized carbons (Fsp3) is 0.647. The number of fused-ring (bicyclic) bond motifs is 6. The van der Waals surface area contributed by atoms with Gasteiger partial charge in [-0.15, -0.1) is 0 Å². The van der Waals surface area contributed by atoms with E-state index in [-0.39, 0.29) is 17.4 Å². The largest absolute Gasteiger partial charge is 0.370 e. The van der Waals surface area contributed by atoms with E-state index >= 15 is 0 Å². The Morgan fingerprint density at radius 3 is 2.70 bits per heavy atom. The number of nitrogens with one attached hydrogen (secondary N) is 2. The molecular weight excluding hydrogens is 572 g/mol. The lowest BCUT2D eigenvalue weighted by Crippen LogP contribution is -2.40. The molecule has 10 heteroatoms. The number of ether oxygens (including phenoxy) is 1. The first-order chi connectivity index (χ1) is 21.1. The Hall–Kier alpha value is -2.85. The Balaban J connectivity index is 1.10. The highest BCUT2D eigenvalue weighted by Crippen LogP contribution is 2.84. The van der Waals surface area contributed by atoms with E-state index in [1.807, 2.05) is 30.3 Å². The summed E-state index contributed by atoms with van der Waals surface area (Å²) in [6.45, 7) is 12.1. The van der Waals surface area contributed by atoms with Gasteiger partial charge in [-0.2, -0.15) is 0 Å². The molecule has 2 N–H and O–H groups in total. The molecule has 0 aromatic carbocycles. The van der Waals surface area contributed by atoms with Crippen LogP contribution in [0, 0.1) is 22.7 Å². The zero-order valence-corrected chi connectivity index (χ0v) is 27.3. The number of pyridine rings is 2. The van der Waals surface area contributed by atoms with Crippen molar-refractivity contribution in [1.29, 1.82) is 0 Å². The maximum atomic E-state index is 13.6. The highest BCUT2D eigenvalue weighted by Gasteiger charge is 2.77. The average molecular weight is 619 g/mol. The predicted octanol–water partition coefficient (Wildman–Crippen LogP) is 6.06. The third kappa shape index (κ3) is 5.15. The van der Waals surface area contributed by atoms with E-state index in [1.54, 1.807) is 4.90 Å². The van der Waals surface area contributed by atoms with Gasteiger partial charge in [0.25, 0.3) is 11.8 Å². The van der Waals surface area contributed by atoms with Gasteiger partial charge in [-0.3, -0.25) is 19.2 Å². The molecule has 2 saturated carbocycles. The van der Waals surface area contributed by atoms with Crippen molar-refractivity contribution >= 4 is 41.2 Å². The van der Waals surface area contributed by atoms with Gasteiger partial charge in [0.1, 0.15) is 28.6 Å². The first-order valence-corrected chi connectivity index (χ1v) is 17.4. The van der Waals surface area contributed by atoms with E-state index in [0.29, 0.717) is 58.5 Å². The maximum absolute atomic E-state index is 13.6. The molecule has 4 atom stereocenters. The molecule has 4 unspecified atom stereocenters. The third-order valence-corrected chi connectivity index (χ3v) is 12.3. The summed E-state index contributed by atoms with van der Waals surface area (Å²) in [5, 5.41) is 4.15. The van der Waals surface area contributed by atoms with Crippen molar-refractivity contribution < 1.29 is 14.3 Å². The molecule has 236 valence electrons. The summed E-state index contributed by atoms with van der Waals surface area (Å²) in [5.74, 6) is 3.01. The summed E-state index contributed by atoms with van der Waals surface area (Å²) < 4.78 is 9.21. The molecule has 2 aromatic rings. The van der Waals surface area contributed by atoms with Gasteiger partial charge in [0.05, 0.1) is 5.56 Å². The molecule has 2 aliphatic carbocycles. The summed E-state index contributed by atoms with van der Waals surface area (Å²) in [5.41, 5.74) is 1.37. The molecule has 44 heavy (non-hydrogen) atoms. The minimum Gasteiger partial charge on any atom is -0.370 e. The van der Waals surface area contributed by atoms with Gasteiger partial charge in [0, 0.05) is 50.1 Å². The van der Waals surface area contributed by atoms with E-state index in [1.165, 1.54) is 31.2 Å². The van der Waals surface area contributed by atoms with Gasteiger partial charge >= 0.3 is 0 Å². The minimum absolute atomic E-state index is 0.0261. The summed E-state index contributed by atoms with van der Waals surface area (Å²) in [6, 6.07) is 9.43. The lowest BCUT2D eigenvalue weighted by Gasteiger charge is -2.34. The molecular formula is C34H46N6O3S. The highest BCUT2D eigenvalue weighted by atomic mass is 32.2. The number of carbonyl (C=O) groups is 2. The van der Waals surface area contributed by atoms with E-state index in [4.69, 9.17) is 9.72 Å². The standard InChI is InChI=1S/C34H46N6O3S/c1-5-33(4)25(34(33)15-16-34)14-19-43-24-13-18-39(31(24)42)27-12-11-23-29(37-27)40-21-22(20-32(40,2)3)8-7-17-35-26-9-6-10-28(36-26)44-38-30(23)41/h6,9-12,22,24-25H,5,7-8,13-21H2,1-4H3,(H,35,36)(H,38,41). The summed E-state index contributed by atoms with van der Waals surface area (Å²) in [4.78, 5) is 41.0. The molecule has 9 nitrogen and oxygen atoms in total. The van der Waals surface area contributed by atoms with Crippen LogP contribution in [0.15, 0.2) is 35.4 Å². The topological polar surface area (TPSA) is 99.7 Å². The van der Waals surface area contributed by atoms with Gasteiger partial charge in [0.15, 0.2) is 0 Å². The van der Waals surface area contributed by atoms with E-state index in [9.17, 15) is 9.59 Å². The second-order valence-electron chi connectivity index (χ2n) is 14.4. The molecule has 3 aliphatic heterocycles. The van der Waals surface area contributed by atoms with Crippen LogP contribution < -0.4 is 19.8 Å². The maximum Gasteiger partial charge on any atom is 0.265 e. The number of amides is 2. The Morgan fingerprint density at radius 2 is 1.93 bits per heavy atom. The number of hydrogen-bond acceptors (Lipinski definition) is 8. The summed E-state index contributed by atoms with van der Waals surface area (Å²) in [6.07, 6.45) is 8.33. The highest BCUT2D eigenvalue weighted by molar-refractivity contribution is 7.97. The fourth-order valence-electron chi connectivity index (χ4n) is 8.82. The number of anilines is 3.